The zero-order chi connectivity index (χ0) is 57.3. The van der Waals surface area contributed by atoms with E-state index in [1.54, 1.807) is 12.1 Å². The number of aromatic nitrogens is 7. The predicted molar refractivity (Wildman–Crippen MR) is 332 cm³/mol. The van der Waals surface area contributed by atoms with Gasteiger partial charge in [-0.15, -0.1) is 20.4 Å². The Balaban J connectivity index is 0.672. The van der Waals surface area contributed by atoms with Gasteiger partial charge in [-0.1, -0.05) is 50.0 Å². The van der Waals surface area contributed by atoms with Gasteiger partial charge in [0.15, 0.2) is 11.6 Å². The molecule has 0 amide bonds. The number of benzene rings is 2. The van der Waals surface area contributed by atoms with E-state index >= 15 is 0 Å². The Morgan fingerprint density at radius 3 is 1.74 bits per heavy atom. The Hall–Kier alpha value is -8.71. The van der Waals surface area contributed by atoms with Gasteiger partial charge in [-0.3, -0.25) is 14.8 Å². The molecular formula is C66H74N16O2. The summed E-state index contributed by atoms with van der Waals surface area (Å²) in [6.07, 6.45) is 15.7. The van der Waals surface area contributed by atoms with Crippen molar-refractivity contribution >= 4 is 40.1 Å². The summed E-state index contributed by atoms with van der Waals surface area (Å²) in [4.78, 5) is 30.7. The molecule has 18 heteroatoms. The fourth-order valence-electron chi connectivity index (χ4n) is 14.0. The topological polar surface area (TPSA) is 205 Å². The number of nitrogens with zero attached hydrogens (tertiary/aromatic N) is 14. The molecule has 5 unspecified atom stereocenters. The van der Waals surface area contributed by atoms with Gasteiger partial charge in [0.2, 0.25) is 0 Å². The third kappa shape index (κ3) is 11.4. The van der Waals surface area contributed by atoms with E-state index < -0.39 is 0 Å². The SMILES string of the molecule is CC1(C)CCC(c2cccc(-c3cc(N4CC5CCC(C4)N5c4ccnc(C#CCN5CCCN(c6ccncc6)CC5)c4)c(N)nn3)c2O)N(CC#Cc2cc(N3C4CCC3CN(c3cc(-c5ccccc5O)nnc3N)C4)ccn2)CC1. The smallest absolute Gasteiger partial charge is 0.169 e. The number of phenolic OH excluding ortho intramolecular Hbond substituents is 2. The van der Waals surface area contributed by atoms with Crippen molar-refractivity contribution in [3.63, 3.8) is 0 Å². The molecule has 2 aromatic carbocycles. The first kappa shape index (κ1) is 54.5. The summed E-state index contributed by atoms with van der Waals surface area (Å²) in [7, 11) is 0. The van der Waals surface area contributed by atoms with E-state index in [0.717, 1.165) is 150 Å². The quantitative estimate of drug-likeness (QED) is 0.0952. The number of phenols is 2. The minimum atomic E-state index is -0.0693. The van der Waals surface area contributed by atoms with Crippen LogP contribution >= 0.6 is 0 Å². The van der Waals surface area contributed by atoms with Gasteiger partial charge in [-0.2, -0.15) is 0 Å². The van der Waals surface area contributed by atoms with E-state index in [9.17, 15) is 10.2 Å². The first-order valence-electron chi connectivity index (χ1n) is 29.9. The van der Waals surface area contributed by atoms with Crippen molar-refractivity contribution in [1.29, 1.82) is 0 Å². The van der Waals surface area contributed by atoms with Crippen LogP contribution in [-0.4, -0.2) is 152 Å². The first-order chi connectivity index (χ1) is 41.0. The summed E-state index contributed by atoms with van der Waals surface area (Å²) in [6.45, 7) is 13.9. The molecule has 4 bridgehead atoms. The summed E-state index contributed by atoms with van der Waals surface area (Å²) in [6, 6.07) is 30.8. The maximum atomic E-state index is 12.4. The lowest BCUT2D eigenvalue weighted by molar-refractivity contribution is 0.220. The largest absolute Gasteiger partial charge is 0.507 e. The van der Waals surface area contributed by atoms with Crippen LogP contribution in [0, 0.1) is 29.1 Å². The van der Waals surface area contributed by atoms with Crippen molar-refractivity contribution in [3.05, 3.63) is 133 Å². The number of aromatic hydroxyl groups is 2. The number of anilines is 7. The maximum Gasteiger partial charge on any atom is 0.169 e. The third-order valence-corrected chi connectivity index (χ3v) is 18.5. The molecule has 5 atom stereocenters. The van der Waals surface area contributed by atoms with Crippen LogP contribution in [0.2, 0.25) is 0 Å². The van der Waals surface area contributed by atoms with Crippen LogP contribution in [0.1, 0.15) is 88.2 Å². The van der Waals surface area contributed by atoms with Crippen LogP contribution in [0.15, 0.2) is 116 Å². The minimum Gasteiger partial charge on any atom is -0.507 e. The molecule has 0 spiro atoms. The molecule has 11 heterocycles. The second-order valence-electron chi connectivity index (χ2n) is 24.3. The Morgan fingerprint density at radius 2 is 1.12 bits per heavy atom. The standard InChI is InChI=1S/C66H74N16O2/c1-66(2)24-19-59(78(34-25-66)32-7-10-46-38-49(23-29-71-46)82-50-15-16-51(82)42-79(41-50)60-39-57(72-74-64(60)67)54-11-3-4-14-62(54)83)56-13-5-12-55(63(56)84)58-40-61(65(68)75-73-58)80-43-52-17-18-53(44-80)81(52)48-22-28-70-45(37-48)9-6-30-76-31-8-33-77(36-35-76)47-20-26-69-27-21-47/h3-5,11-14,20-23,26-29,37-40,50-53,59,83-84H,8,15-19,24-25,30-36,41-44H2,1-2H3,(H2,67,74)(H2,68,75). The Bertz CT molecular complexity index is 3620. The number of nitrogen functional groups attached to an aromatic ring is 2. The number of pyridine rings is 3. The Morgan fingerprint density at radius 1 is 0.548 bits per heavy atom. The van der Waals surface area contributed by atoms with E-state index in [2.05, 4.69) is 145 Å². The van der Waals surface area contributed by atoms with Crippen LogP contribution in [0.3, 0.4) is 0 Å². The van der Waals surface area contributed by atoms with E-state index in [4.69, 9.17) is 16.5 Å². The van der Waals surface area contributed by atoms with Gasteiger partial charge < -0.3 is 46.2 Å². The number of rotatable bonds is 10. The highest BCUT2D eigenvalue weighted by atomic mass is 16.3. The van der Waals surface area contributed by atoms with E-state index in [1.165, 1.54) is 5.69 Å². The van der Waals surface area contributed by atoms with Crippen LogP contribution in [-0.2, 0) is 0 Å². The van der Waals surface area contributed by atoms with Crippen molar-refractivity contribution in [2.45, 2.75) is 95.4 Å². The second kappa shape index (κ2) is 23.5. The molecule has 0 saturated carbocycles. The molecule has 430 valence electrons. The first-order valence-corrected chi connectivity index (χ1v) is 29.9. The monoisotopic (exact) mass is 1120 g/mol. The molecule has 6 N–H and O–H groups in total. The average molecular weight is 1120 g/mol. The second-order valence-corrected chi connectivity index (χ2v) is 24.3. The molecule has 18 nitrogen and oxygen atoms in total. The fraction of sp³-hybridized carbons (Fsp3) is 0.409. The van der Waals surface area contributed by atoms with Crippen molar-refractivity contribution in [2.24, 2.45) is 5.41 Å². The molecule has 0 radical (unpaired) electrons. The summed E-state index contributed by atoms with van der Waals surface area (Å²) in [5.41, 5.74) is 23.3. The van der Waals surface area contributed by atoms with E-state index in [1.807, 2.05) is 61.2 Å². The van der Waals surface area contributed by atoms with Gasteiger partial charge in [-0.25, -0.2) is 9.97 Å². The van der Waals surface area contributed by atoms with Gasteiger partial charge in [0.05, 0.1) is 35.9 Å². The third-order valence-electron chi connectivity index (χ3n) is 18.5. The highest BCUT2D eigenvalue weighted by molar-refractivity contribution is 5.77. The van der Waals surface area contributed by atoms with Crippen LogP contribution in [0.25, 0.3) is 22.5 Å². The molecule has 6 aliphatic rings. The summed E-state index contributed by atoms with van der Waals surface area (Å²) < 4.78 is 0. The minimum absolute atomic E-state index is 0.0693. The lowest BCUT2D eigenvalue weighted by Gasteiger charge is -2.43. The number of nitrogens with two attached hydrogens (primary N) is 2. The van der Waals surface area contributed by atoms with Gasteiger partial charge in [0.25, 0.3) is 0 Å². The normalized spacial score (nSPS) is 22.4. The lowest BCUT2D eigenvalue weighted by Crippen LogP contribution is -2.54. The highest BCUT2D eigenvalue weighted by Crippen LogP contribution is 2.45. The van der Waals surface area contributed by atoms with Gasteiger partial charge in [0.1, 0.15) is 22.9 Å². The summed E-state index contributed by atoms with van der Waals surface area (Å²) in [5, 5.41) is 40.7. The zero-order valence-electron chi connectivity index (χ0n) is 48.1. The molecule has 6 fully saturated rings. The van der Waals surface area contributed by atoms with Crippen LogP contribution < -0.4 is 36.0 Å². The Kier molecular flexibility index (Phi) is 15.3. The molecule has 84 heavy (non-hydrogen) atoms. The molecule has 5 aromatic heterocycles. The molecular weight excluding hydrogens is 1050 g/mol. The molecule has 7 aromatic rings. The van der Waals surface area contributed by atoms with Crippen molar-refractivity contribution in [2.75, 3.05) is 108 Å². The number of likely N-dealkylation sites (tertiary alicyclic amines) is 1. The number of piperazine rings is 2. The number of para-hydroxylation sites is 2. The number of hydrogen-bond donors (Lipinski definition) is 4. The van der Waals surface area contributed by atoms with Crippen molar-refractivity contribution in [3.8, 4) is 57.7 Å². The number of fused-ring (bicyclic) bond motifs is 4. The van der Waals surface area contributed by atoms with Crippen LogP contribution in [0.5, 0.6) is 11.5 Å². The van der Waals surface area contributed by atoms with Gasteiger partial charge >= 0.3 is 0 Å². The lowest BCUT2D eigenvalue weighted by atomic mass is 9.84. The van der Waals surface area contributed by atoms with E-state index in [0.29, 0.717) is 47.2 Å². The molecule has 0 aliphatic carbocycles. The van der Waals surface area contributed by atoms with Crippen molar-refractivity contribution < 1.29 is 10.2 Å². The van der Waals surface area contributed by atoms with Gasteiger partial charge in [0, 0.05) is 148 Å². The van der Waals surface area contributed by atoms with Crippen molar-refractivity contribution in [1.82, 2.24) is 45.1 Å². The Labute approximate surface area is 492 Å². The molecule has 13 rings (SSSR count). The maximum absolute atomic E-state index is 12.4. The average Bonchev–Trinajstić information content (AvgIpc) is 2.99. The predicted octanol–water partition coefficient (Wildman–Crippen LogP) is 8.25. The summed E-state index contributed by atoms with van der Waals surface area (Å²) in [5.74, 6) is 14.9. The van der Waals surface area contributed by atoms with E-state index in [-0.39, 0.29) is 47.1 Å². The molecule has 6 aliphatic heterocycles. The number of hydrogen-bond acceptors (Lipinski definition) is 18. The molecule has 6 saturated heterocycles. The van der Waals surface area contributed by atoms with Gasteiger partial charge in [-0.05, 0) is 135 Å². The van der Waals surface area contributed by atoms with Crippen LogP contribution in [0.4, 0.5) is 40.1 Å². The highest BCUT2D eigenvalue weighted by Gasteiger charge is 2.43. The zero-order valence-corrected chi connectivity index (χ0v) is 48.1. The fourth-order valence-corrected chi connectivity index (χ4v) is 14.0. The summed E-state index contributed by atoms with van der Waals surface area (Å²) >= 11 is 0.